The fourth-order valence-electron chi connectivity index (χ4n) is 1.38. The highest BCUT2D eigenvalue weighted by Gasteiger charge is 2.01. The third-order valence-electron chi connectivity index (χ3n) is 2.29. The van der Waals surface area contributed by atoms with Gasteiger partial charge in [0.25, 0.3) is 0 Å². The number of pyridine rings is 2. The maximum atomic E-state index is 5.58. The Kier molecular flexibility index (Phi) is 2.72. The van der Waals surface area contributed by atoms with Crippen molar-refractivity contribution in [1.29, 1.82) is 0 Å². The van der Waals surface area contributed by atoms with Crippen molar-refractivity contribution >= 4 is 11.5 Å². The van der Waals surface area contributed by atoms with Crippen molar-refractivity contribution in [2.75, 3.05) is 24.7 Å². The van der Waals surface area contributed by atoms with Crippen LogP contribution in [0.25, 0.3) is 11.3 Å². The number of nitrogen functional groups attached to an aromatic ring is 1. The molecule has 0 aliphatic heterocycles. The molecule has 0 bridgehead atoms. The Balaban J connectivity index is 2.31. The normalized spacial score (nSPS) is 10.1. The van der Waals surface area contributed by atoms with Crippen LogP contribution in [0.5, 0.6) is 0 Å². The minimum atomic E-state index is 0.668. The molecule has 0 atom stereocenters. The molecule has 2 heterocycles. The molecule has 0 aliphatic carbocycles. The molecule has 16 heavy (non-hydrogen) atoms. The van der Waals surface area contributed by atoms with Gasteiger partial charge in [0, 0.05) is 25.9 Å². The van der Waals surface area contributed by atoms with Gasteiger partial charge in [0.15, 0.2) is 0 Å². The number of hydrogen-bond donors (Lipinski definition) is 1. The van der Waals surface area contributed by atoms with Crippen molar-refractivity contribution < 1.29 is 0 Å². The van der Waals surface area contributed by atoms with Gasteiger partial charge in [0.05, 0.1) is 17.6 Å². The van der Waals surface area contributed by atoms with Crippen LogP contribution in [0.1, 0.15) is 0 Å². The van der Waals surface area contributed by atoms with E-state index in [1.54, 1.807) is 6.20 Å². The Bertz CT molecular complexity index is 459. The van der Waals surface area contributed by atoms with Gasteiger partial charge in [-0.1, -0.05) is 0 Å². The molecule has 2 aromatic rings. The van der Waals surface area contributed by atoms with E-state index in [-0.39, 0.29) is 0 Å². The summed E-state index contributed by atoms with van der Waals surface area (Å²) >= 11 is 0. The first kappa shape index (κ1) is 10.4. The quantitative estimate of drug-likeness (QED) is 0.828. The predicted octanol–water partition coefficient (Wildman–Crippen LogP) is 1.79. The van der Waals surface area contributed by atoms with E-state index in [1.807, 2.05) is 49.5 Å². The van der Waals surface area contributed by atoms with Gasteiger partial charge < -0.3 is 10.6 Å². The van der Waals surface area contributed by atoms with Gasteiger partial charge in [-0.25, -0.2) is 4.98 Å². The summed E-state index contributed by atoms with van der Waals surface area (Å²) < 4.78 is 0. The van der Waals surface area contributed by atoms with Crippen molar-refractivity contribution in [3.8, 4) is 11.3 Å². The van der Waals surface area contributed by atoms with Crippen LogP contribution in [0, 0.1) is 0 Å². The second-order valence-corrected chi connectivity index (χ2v) is 3.78. The average Bonchev–Trinajstić information content (AvgIpc) is 2.30. The lowest BCUT2D eigenvalue weighted by molar-refractivity contribution is 1.07. The summed E-state index contributed by atoms with van der Waals surface area (Å²) in [5.74, 6) is 0.930. The third kappa shape index (κ3) is 2.11. The van der Waals surface area contributed by atoms with E-state index in [0.29, 0.717) is 5.69 Å². The molecular formula is C12H14N4. The summed E-state index contributed by atoms with van der Waals surface area (Å²) in [5.41, 5.74) is 8.12. The van der Waals surface area contributed by atoms with E-state index in [0.717, 1.165) is 17.1 Å². The molecule has 2 N–H and O–H groups in total. The molecule has 4 heteroatoms. The fourth-order valence-corrected chi connectivity index (χ4v) is 1.38. The molecule has 2 aromatic heterocycles. The number of nitrogens with two attached hydrogens (primary N) is 1. The molecule has 0 radical (unpaired) electrons. The van der Waals surface area contributed by atoms with E-state index < -0.39 is 0 Å². The zero-order chi connectivity index (χ0) is 11.5. The lowest BCUT2D eigenvalue weighted by atomic mass is 10.2. The Hall–Kier alpha value is -2.10. The van der Waals surface area contributed by atoms with Gasteiger partial charge in [-0.3, -0.25) is 4.98 Å². The van der Waals surface area contributed by atoms with Crippen molar-refractivity contribution in [3.63, 3.8) is 0 Å². The first-order valence-corrected chi connectivity index (χ1v) is 5.02. The van der Waals surface area contributed by atoms with Crippen LogP contribution < -0.4 is 10.6 Å². The lowest BCUT2D eigenvalue weighted by Gasteiger charge is -2.11. The second-order valence-electron chi connectivity index (χ2n) is 3.78. The highest BCUT2D eigenvalue weighted by molar-refractivity contribution is 5.61. The van der Waals surface area contributed by atoms with Crippen molar-refractivity contribution in [3.05, 3.63) is 36.7 Å². The van der Waals surface area contributed by atoms with Crippen LogP contribution >= 0.6 is 0 Å². The first-order chi connectivity index (χ1) is 7.66. The molecule has 82 valence electrons. The molecule has 0 fully saturated rings. The van der Waals surface area contributed by atoms with E-state index in [1.165, 1.54) is 0 Å². The Morgan fingerprint density at radius 1 is 1.00 bits per heavy atom. The monoisotopic (exact) mass is 214 g/mol. The predicted molar refractivity (Wildman–Crippen MR) is 66.2 cm³/mol. The van der Waals surface area contributed by atoms with Gasteiger partial charge in [0.2, 0.25) is 0 Å². The van der Waals surface area contributed by atoms with Crippen LogP contribution in [0.4, 0.5) is 11.5 Å². The number of nitrogens with zero attached hydrogens (tertiary/aromatic N) is 3. The van der Waals surface area contributed by atoms with Gasteiger partial charge in [-0.15, -0.1) is 0 Å². The standard InChI is InChI=1S/C12H14N4/c1-16(2)12-6-3-9(7-15-12)11-5-4-10(13)8-14-11/h3-8H,13H2,1-2H3. The highest BCUT2D eigenvalue weighted by atomic mass is 15.1. The number of anilines is 2. The molecule has 2 rings (SSSR count). The molecule has 0 aliphatic rings. The van der Waals surface area contributed by atoms with Crippen molar-refractivity contribution in [2.45, 2.75) is 0 Å². The average molecular weight is 214 g/mol. The maximum Gasteiger partial charge on any atom is 0.127 e. The molecule has 0 unspecified atom stereocenters. The van der Waals surface area contributed by atoms with Gasteiger partial charge in [-0.05, 0) is 24.3 Å². The van der Waals surface area contributed by atoms with E-state index in [4.69, 9.17) is 5.73 Å². The summed E-state index contributed by atoms with van der Waals surface area (Å²) in [6.07, 6.45) is 3.46. The molecule has 0 aromatic carbocycles. The van der Waals surface area contributed by atoms with Crippen LogP contribution in [0.15, 0.2) is 36.7 Å². The van der Waals surface area contributed by atoms with E-state index >= 15 is 0 Å². The van der Waals surface area contributed by atoms with Crippen molar-refractivity contribution in [1.82, 2.24) is 9.97 Å². The zero-order valence-electron chi connectivity index (χ0n) is 9.38. The molecule has 4 nitrogen and oxygen atoms in total. The molecule has 0 spiro atoms. The minimum absolute atomic E-state index is 0.668. The largest absolute Gasteiger partial charge is 0.397 e. The number of aromatic nitrogens is 2. The van der Waals surface area contributed by atoms with E-state index in [9.17, 15) is 0 Å². The zero-order valence-corrected chi connectivity index (χ0v) is 9.38. The first-order valence-electron chi connectivity index (χ1n) is 5.02. The minimum Gasteiger partial charge on any atom is -0.397 e. The van der Waals surface area contributed by atoms with Gasteiger partial charge in [-0.2, -0.15) is 0 Å². The van der Waals surface area contributed by atoms with Crippen LogP contribution in [-0.4, -0.2) is 24.1 Å². The van der Waals surface area contributed by atoms with Crippen molar-refractivity contribution in [2.24, 2.45) is 0 Å². The molecule has 0 saturated carbocycles. The Morgan fingerprint density at radius 3 is 2.31 bits per heavy atom. The van der Waals surface area contributed by atoms with Crippen LogP contribution in [0.2, 0.25) is 0 Å². The van der Waals surface area contributed by atoms with Gasteiger partial charge >= 0.3 is 0 Å². The summed E-state index contributed by atoms with van der Waals surface area (Å²) in [4.78, 5) is 10.5. The summed E-state index contributed by atoms with van der Waals surface area (Å²) in [6.45, 7) is 0. The second kappa shape index (κ2) is 4.18. The smallest absolute Gasteiger partial charge is 0.127 e. The third-order valence-corrected chi connectivity index (χ3v) is 2.29. The molecule has 0 amide bonds. The summed E-state index contributed by atoms with van der Waals surface area (Å²) in [7, 11) is 3.92. The topological polar surface area (TPSA) is 55.0 Å². The van der Waals surface area contributed by atoms with E-state index in [2.05, 4.69) is 9.97 Å². The Morgan fingerprint density at radius 2 is 1.81 bits per heavy atom. The number of rotatable bonds is 2. The molecule has 0 saturated heterocycles. The summed E-state index contributed by atoms with van der Waals surface area (Å²) in [5, 5.41) is 0. The van der Waals surface area contributed by atoms with Crippen LogP contribution in [0.3, 0.4) is 0 Å². The number of hydrogen-bond acceptors (Lipinski definition) is 4. The van der Waals surface area contributed by atoms with Crippen LogP contribution in [-0.2, 0) is 0 Å². The highest BCUT2D eigenvalue weighted by Crippen LogP contribution is 2.18. The Labute approximate surface area is 94.8 Å². The molecular weight excluding hydrogens is 200 g/mol. The summed E-state index contributed by atoms with van der Waals surface area (Å²) in [6, 6.07) is 7.69. The maximum absolute atomic E-state index is 5.58. The van der Waals surface area contributed by atoms with Gasteiger partial charge in [0.1, 0.15) is 5.82 Å². The lowest BCUT2D eigenvalue weighted by Crippen LogP contribution is -2.10. The SMILES string of the molecule is CN(C)c1ccc(-c2ccc(N)cn2)cn1. The fraction of sp³-hybridized carbons (Fsp3) is 0.167.